The minimum Gasteiger partial charge on any atom is -0.494 e. The molecular formula is C12H18N2O4. The van der Waals surface area contributed by atoms with Gasteiger partial charge in [0.15, 0.2) is 0 Å². The number of aliphatic hydroxyl groups is 1. The molecule has 0 aliphatic rings. The van der Waals surface area contributed by atoms with E-state index in [1.807, 2.05) is 6.92 Å². The van der Waals surface area contributed by atoms with Crippen molar-refractivity contribution in [2.24, 2.45) is 0 Å². The van der Waals surface area contributed by atoms with Gasteiger partial charge in [0.25, 0.3) is 5.69 Å². The summed E-state index contributed by atoms with van der Waals surface area (Å²) in [5.74, 6) is 0.483. The zero-order valence-corrected chi connectivity index (χ0v) is 10.4. The maximum absolute atomic E-state index is 10.8. The Bertz CT molecular complexity index is 396. The van der Waals surface area contributed by atoms with Crippen LogP contribution in [0.15, 0.2) is 18.2 Å². The second kappa shape index (κ2) is 7.50. The van der Waals surface area contributed by atoms with Crippen LogP contribution in [0.25, 0.3) is 0 Å². The van der Waals surface area contributed by atoms with E-state index in [0.29, 0.717) is 31.0 Å². The third kappa shape index (κ3) is 4.58. The number of aliphatic hydroxyl groups excluding tert-OH is 1. The van der Waals surface area contributed by atoms with Crippen LogP contribution in [0.1, 0.15) is 19.8 Å². The number of non-ortho nitro benzene ring substituents is 1. The summed E-state index contributed by atoms with van der Waals surface area (Å²) in [4.78, 5) is 10.3. The molecule has 0 saturated carbocycles. The number of nitrogens with zero attached hydrogens (tertiary/aromatic N) is 1. The molecular weight excluding hydrogens is 236 g/mol. The molecule has 2 N–H and O–H groups in total. The van der Waals surface area contributed by atoms with Gasteiger partial charge in [-0.25, -0.2) is 0 Å². The monoisotopic (exact) mass is 254 g/mol. The van der Waals surface area contributed by atoms with Gasteiger partial charge >= 0.3 is 0 Å². The van der Waals surface area contributed by atoms with Gasteiger partial charge in [0.1, 0.15) is 5.75 Å². The molecule has 0 saturated heterocycles. The van der Waals surface area contributed by atoms with Gasteiger partial charge < -0.3 is 15.2 Å². The van der Waals surface area contributed by atoms with Crippen LogP contribution in [-0.2, 0) is 0 Å². The lowest BCUT2D eigenvalue weighted by Crippen LogP contribution is -2.03. The zero-order chi connectivity index (χ0) is 13.4. The average molecular weight is 254 g/mol. The Morgan fingerprint density at radius 3 is 2.78 bits per heavy atom. The van der Waals surface area contributed by atoms with E-state index in [0.717, 1.165) is 6.42 Å². The molecule has 0 fully saturated rings. The molecule has 0 amide bonds. The van der Waals surface area contributed by atoms with Gasteiger partial charge in [0, 0.05) is 31.0 Å². The summed E-state index contributed by atoms with van der Waals surface area (Å²) in [6.45, 7) is 3.10. The highest BCUT2D eigenvalue weighted by Crippen LogP contribution is 2.26. The molecule has 0 bridgehead atoms. The quantitative estimate of drug-likeness (QED) is 0.422. The normalized spacial score (nSPS) is 10.1. The Morgan fingerprint density at radius 2 is 2.17 bits per heavy atom. The summed E-state index contributed by atoms with van der Waals surface area (Å²) >= 11 is 0. The molecule has 0 spiro atoms. The van der Waals surface area contributed by atoms with Crippen molar-refractivity contribution in [1.29, 1.82) is 0 Å². The van der Waals surface area contributed by atoms with Crippen LogP contribution in [0, 0.1) is 10.1 Å². The summed E-state index contributed by atoms with van der Waals surface area (Å²) < 4.78 is 5.28. The van der Waals surface area contributed by atoms with Gasteiger partial charge in [-0.3, -0.25) is 10.1 Å². The molecule has 6 heteroatoms. The van der Waals surface area contributed by atoms with E-state index < -0.39 is 4.92 Å². The number of nitro groups is 1. The number of hydrogen-bond acceptors (Lipinski definition) is 5. The van der Waals surface area contributed by atoms with Crippen molar-refractivity contribution in [2.45, 2.75) is 19.8 Å². The molecule has 1 aromatic rings. The molecule has 0 heterocycles. The first kappa shape index (κ1) is 14.2. The Kier molecular flexibility index (Phi) is 5.93. The Morgan fingerprint density at radius 1 is 1.39 bits per heavy atom. The highest BCUT2D eigenvalue weighted by molar-refractivity contribution is 5.56. The molecule has 18 heavy (non-hydrogen) atoms. The maximum atomic E-state index is 10.8. The third-order valence-corrected chi connectivity index (χ3v) is 2.33. The molecule has 0 atom stereocenters. The number of benzene rings is 1. The maximum Gasteiger partial charge on any atom is 0.275 e. The molecule has 100 valence electrons. The lowest BCUT2D eigenvalue weighted by molar-refractivity contribution is -0.384. The fourth-order valence-electron chi connectivity index (χ4n) is 1.51. The van der Waals surface area contributed by atoms with Crippen LogP contribution >= 0.6 is 0 Å². The molecule has 1 aromatic carbocycles. The van der Waals surface area contributed by atoms with Gasteiger partial charge in [-0.1, -0.05) is 0 Å². The average Bonchev–Trinajstić information content (AvgIpc) is 2.35. The van der Waals surface area contributed by atoms with Crippen LogP contribution in [0.4, 0.5) is 11.4 Å². The van der Waals surface area contributed by atoms with E-state index >= 15 is 0 Å². The smallest absolute Gasteiger partial charge is 0.275 e. The molecule has 0 aromatic heterocycles. The molecule has 6 nitrogen and oxygen atoms in total. The highest BCUT2D eigenvalue weighted by Gasteiger charge is 2.10. The number of anilines is 1. The largest absolute Gasteiger partial charge is 0.494 e. The summed E-state index contributed by atoms with van der Waals surface area (Å²) in [5, 5.41) is 22.5. The highest BCUT2D eigenvalue weighted by atomic mass is 16.6. The van der Waals surface area contributed by atoms with Crippen molar-refractivity contribution in [3.8, 4) is 5.75 Å². The predicted molar refractivity (Wildman–Crippen MR) is 69.1 cm³/mol. The van der Waals surface area contributed by atoms with Crippen LogP contribution < -0.4 is 10.1 Å². The van der Waals surface area contributed by atoms with Crippen LogP contribution in [-0.4, -0.2) is 29.8 Å². The van der Waals surface area contributed by atoms with E-state index in [4.69, 9.17) is 9.84 Å². The summed E-state index contributed by atoms with van der Waals surface area (Å²) in [6, 6.07) is 4.61. The van der Waals surface area contributed by atoms with Crippen LogP contribution in [0.2, 0.25) is 0 Å². The predicted octanol–water partition coefficient (Wildman–Crippen LogP) is 2.18. The first-order valence-electron chi connectivity index (χ1n) is 5.94. The van der Waals surface area contributed by atoms with Crippen molar-refractivity contribution < 1.29 is 14.8 Å². The molecule has 0 aliphatic heterocycles. The van der Waals surface area contributed by atoms with E-state index in [-0.39, 0.29) is 12.3 Å². The first-order valence-corrected chi connectivity index (χ1v) is 5.94. The van der Waals surface area contributed by atoms with E-state index in [1.165, 1.54) is 12.1 Å². The van der Waals surface area contributed by atoms with E-state index in [1.54, 1.807) is 6.07 Å². The van der Waals surface area contributed by atoms with Gasteiger partial charge in [-0.15, -0.1) is 0 Å². The summed E-state index contributed by atoms with van der Waals surface area (Å²) in [6.07, 6.45) is 1.52. The van der Waals surface area contributed by atoms with Crippen molar-refractivity contribution in [2.75, 3.05) is 25.1 Å². The molecule has 0 unspecified atom stereocenters. The minimum atomic E-state index is -0.443. The number of nitro benzene ring substituents is 1. The number of rotatable bonds is 8. The Labute approximate surface area is 106 Å². The van der Waals surface area contributed by atoms with Crippen molar-refractivity contribution in [3.05, 3.63) is 28.3 Å². The van der Waals surface area contributed by atoms with Gasteiger partial charge in [0.2, 0.25) is 0 Å². The number of hydrogen-bond donors (Lipinski definition) is 2. The van der Waals surface area contributed by atoms with Crippen molar-refractivity contribution in [1.82, 2.24) is 0 Å². The fourth-order valence-corrected chi connectivity index (χ4v) is 1.51. The number of ether oxygens (including phenoxy) is 1. The van der Waals surface area contributed by atoms with E-state index in [2.05, 4.69) is 5.32 Å². The standard InChI is InChI=1S/C12H18N2O4/c1-2-18-12-8-10(13-5-3-4-6-15)7-11(9-12)14(16)17/h7-9,13,15H,2-6H2,1H3. The summed E-state index contributed by atoms with van der Waals surface area (Å²) in [7, 11) is 0. The van der Waals surface area contributed by atoms with Gasteiger partial charge in [-0.05, 0) is 19.8 Å². The second-order valence-corrected chi connectivity index (χ2v) is 3.76. The topological polar surface area (TPSA) is 84.6 Å². The van der Waals surface area contributed by atoms with Crippen molar-refractivity contribution in [3.63, 3.8) is 0 Å². The van der Waals surface area contributed by atoms with Gasteiger partial charge in [0.05, 0.1) is 17.6 Å². The third-order valence-electron chi connectivity index (χ3n) is 2.33. The Balaban J connectivity index is 2.72. The molecule has 1 rings (SSSR count). The zero-order valence-electron chi connectivity index (χ0n) is 10.4. The van der Waals surface area contributed by atoms with E-state index in [9.17, 15) is 10.1 Å². The number of unbranched alkanes of at least 4 members (excludes halogenated alkanes) is 1. The summed E-state index contributed by atoms with van der Waals surface area (Å²) in [5.41, 5.74) is 0.663. The minimum absolute atomic E-state index is 0.00519. The Hall–Kier alpha value is -1.82. The SMILES string of the molecule is CCOc1cc(NCCCCO)cc([N+](=O)[O-])c1. The van der Waals surface area contributed by atoms with Crippen molar-refractivity contribution >= 4 is 11.4 Å². The first-order chi connectivity index (χ1) is 8.67. The molecule has 0 radical (unpaired) electrons. The number of nitrogens with one attached hydrogen (secondary N) is 1. The molecule has 0 aliphatic carbocycles. The second-order valence-electron chi connectivity index (χ2n) is 3.76. The van der Waals surface area contributed by atoms with Crippen LogP contribution in [0.5, 0.6) is 5.75 Å². The fraction of sp³-hybridized carbons (Fsp3) is 0.500. The van der Waals surface area contributed by atoms with Crippen LogP contribution in [0.3, 0.4) is 0 Å². The lowest BCUT2D eigenvalue weighted by Gasteiger charge is -2.08. The van der Waals surface area contributed by atoms with Gasteiger partial charge in [-0.2, -0.15) is 0 Å². The lowest BCUT2D eigenvalue weighted by atomic mass is 10.2.